The minimum absolute atomic E-state index is 0.0117. The van der Waals surface area contributed by atoms with Crippen LogP contribution in [0.25, 0.3) is 0 Å². The second kappa shape index (κ2) is 6.93. The highest BCUT2D eigenvalue weighted by molar-refractivity contribution is 5.30. The molecule has 0 aromatic heterocycles. The molecule has 0 amide bonds. The van der Waals surface area contributed by atoms with E-state index in [4.69, 9.17) is 4.74 Å². The topological polar surface area (TPSA) is 12.5 Å². The largest absolute Gasteiger partial charge is 0.365 e. The minimum atomic E-state index is -0.0117. The van der Waals surface area contributed by atoms with Crippen LogP contribution >= 0.6 is 0 Å². The van der Waals surface area contributed by atoms with Gasteiger partial charge in [-0.05, 0) is 58.7 Å². The van der Waals surface area contributed by atoms with E-state index >= 15 is 0 Å². The molecular weight excluding hydrogens is 306 g/mol. The summed E-state index contributed by atoms with van der Waals surface area (Å²) in [5.41, 5.74) is 2.71. The fraction of sp³-hybridized carbons (Fsp3) is 0.478. The summed E-state index contributed by atoms with van der Waals surface area (Å²) in [7, 11) is 2.24. The van der Waals surface area contributed by atoms with Gasteiger partial charge in [0.05, 0.1) is 6.10 Å². The molecule has 1 saturated heterocycles. The van der Waals surface area contributed by atoms with Crippen LogP contribution in [0.15, 0.2) is 60.7 Å². The number of likely N-dealkylation sites (tertiary alicyclic amines) is 1. The zero-order valence-electron chi connectivity index (χ0n) is 16.2. The average Bonchev–Trinajstić information content (AvgIpc) is 2.59. The molecule has 0 atom stereocenters. The number of rotatable bonds is 4. The van der Waals surface area contributed by atoms with Crippen molar-refractivity contribution in [1.29, 1.82) is 0 Å². The highest BCUT2D eigenvalue weighted by atomic mass is 16.5. The van der Waals surface area contributed by atoms with Gasteiger partial charge in [-0.3, -0.25) is 4.90 Å². The fourth-order valence-corrected chi connectivity index (χ4v) is 4.17. The first kappa shape index (κ1) is 18.2. The van der Waals surface area contributed by atoms with Crippen molar-refractivity contribution in [3.63, 3.8) is 0 Å². The van der Waals surface area contributed by atoms with Gasteiger partial charge >= 0.3 is 0 Å². The van der Waals surface area contributed by atoms with E-state index < -0.39 is 0 Å². The molecular formula is C23H31NO. The van der Waals surface area contributed by atoms with Gasteiger partial charge in [0.2, 0.25) is 0 Å². The first-order valence-electron chi connectivity index (χ1n) is 9.29. The maximum atomic E-state index is 6.76. The van der Waals surface area contributed by atoms with E-state index in [-0.39, 0.29) is 23.3 Å². The highest BCUT2D eigenvalue weighted by Gasteiger charge is 2.44. The van der Waals surface area contributed by atoms with Crippen LogP contribution in [0.1, 0.15) is 57.8 Å². The van der Waals surface area contributed by atoms with Crippen molar-refractivity contribution in [1.82, 2.24) is 4.90 Å². The molecule has 0 unspecified atom stereocenters. The van der Waals surface area contributed by atoms with E-state index in [1.807, 2.05) is 0 Å². The molecule has 25 heavy (non-hydrogen) atoms. The molecule has 0 saturated carbocycles. The Morgan fingerprint density at radius 2 is 1.20 bits per heavy atom. The number of benzene rings is 2. The molecule has 0 radical (unpaired) electrons. The smallest absolute Gasteiger partial charge is 0.108 e. The molecule has 1 heterocycles. The SMILES string of the molecule is CN1C(C)(C)CC(OC(c2ccccc2)c2ccccc2)CC1(C)C. The molecule has 2 aromatic rings. The van der Waals surface area contributed by atoms with Crippen LogP contribution in [0.5, 0.6) is 0 Å². The van der Waals surface area contributed by atoms with Gasteiger partial charge in [0, 0.05) is 11.1 Å². The number of hydrogen-bond acceptors (Lipinski definition) is 2. The fourth-order valence-electron chi connectivity index (χ4n) is 4.17. The van der Waals surface area contributed by atoms with Gasteiger partial charge in [-0.15, -0.1) is 0 Å². The Kier molecular flexibility index (Phi) is 5.04. The molecule has 0 spiro atoms. The lowest BCUT2D eigenvalue weighted by Gasteiger charge is -2.53. The predicted octanol–water partition coefficient (Wildman–Crippen LogP) is 5.44. The van der Waals surface area contributed by atoms with E-state index in [1.54, 1.807) is 0 Å². The van der Waals surface area contributed by atoms with Gasteiger partial charge in [0.1, 0.15) is 6.10 Å². The van der Waals surface area contributed by atoms with Crippen molar-refractivity contribution in [2.24, 2.45) is 0 Å². The highest BCUT2D eigenvalue weighted by Crippen LogP contribution is 2.40. The standard InChI is InChI=1S/C23H31NO/c1-22(2)16-20(17-23(3,4)24(22)5)25-21(18-12-8-6-9-13-18)19-14-10-7-11-15-19/h6-15,20-21H,16-17H2,1-5H3. The first-order chi connectivity index (χ1) is 11.8. The summed E-state index contributed by atoms with van der Waals surface area (Å²) in [5, 5.41) is 0. The maximum absolute atomic E-state index is 6.76. The third kappa shape index (κ3) is 3.96. The van der Waals surface area contributed by atoms with Crippen LogP contribution in [0, 0.1) is 0 Å². The number of piperidine rings is 1. The Hall–Kier alpha value is -1.64. The summed E-state index contributed by atoms with van der Waals surface area (Å²) < 4.78 is 6.76. The van der Waals surface area contributed by atoms with Crippen molar-refractivity contribution in [2.45, 2.75) is 63.8 Å². The summed E-state index contributed by atoms with van der Waals surface area (Å²) in [6.45, 7) is 9.29. The lowest BCUT2D eigenvalue weighted by Crippen LogP contribution is -2.60. The Labute approximate surface area is 152 Å². The molecule has 1 fully saturated rings. The molecule has 0 N–H and O–H groups in total. The zero-order chi connectivity index (χ0) is 18.1. The molecule has 2 heteroatoms. The molecule has 0 bridgehead atoms. The summed E-state index contributed by atoms with van der Waals surface area (Å²) in [6, 6.07) is 21.2. The average molecular weight is 338 g/mol. The third-order valence-corrected chi connectivity index (χ3v) is 5.80. The Morgan fingerprint density at radius 3 is 1.60 bits per heavy atom. The molecule has 134 valence electrons. The monoisotopic (exact) mass is 337 g/mol. The van der Waals surface area contributed by atoms with Crippen molar-refractivity contribution in [3.05, 3.63) is 71.8 Å². The van der Waals surface area contributed by atoms with Crippen LogP contribution in [-0.2, 0) is 4.74 Å². The van der Waals surface area contributed by atoms with Crippen LogP contribution < -0.4 is 0 Å². The summed E-state index contributed by atoms with van der Waals surface area (Å²) in [4.78, 5) is 2.50. The Balaban J connectivity index is 1.89. The number of ether oxygens (including phenoxy) is 1. The van der Waals surface area contributed by atoms with Crippen LogP contribution in [0.4, 0.5) is 0 Å². The van der Waals surface area contributed by atoms with Gasteiger partial charge in [0.15, 0.2) is 0 Å². The van der Waals surface area contributed by atoms with E-state index in [9.17, 15) is 0 Å². The summed E-state index contributed by atoms with van der Waals surface area (Å²) in [5.74, 6) is 0. The zero-order valence-corrected chi connectivity index (χ0v) is 16.2. The molecule has 2 nitrogen and oxygen atoms in total. The van der Waals surface area contributed by atoms with Gasteiger partial charge in [-0.25, -0.2) is 0 Å². The van der Waals surface area contributed by atoms with Crippen molar-refractivity contribution in [3.8, 4) is 0 Å². The predicted molar refractivity (Wildman–Crippen MR) is 105 cm³/mol. The molecule has 0 aliphatic carbocycles. The Morgan fingerprint density at radius 1 is 0.800 bits per heavy atom. The normalized spacial score (nSPS) is 20.7. The second-order valence-electron chi connectivity index (χ2n) is 8.55. The van der Waals surface area contributed by atoms with Gasteiger partial charge in [-0.2, -0.15) is 0 Å². The quantitative estimate of drug-likeness (QED) is 0.736. The second-order valence-corrected chi connectivity index (χ2v) is 8.55. The van der Waals surface area contributed by atoms with Gasteiger partial charge < -0.3 is 4.74 Å². The van der Waals surface area contributed by atoms with Gasteiger partial charge in [-0.1, -0.05) is 60.7 Å². The number of hydrogen-bond donors (Lipinski definition) is 0. The third-order valence-electron chi connectivity index (χ3n) is 5.80. The first-order valence-corrected chi connectivity index (χ1v) is 9.29. The minimum Gasteiger partial charge on any atom is -0.365 e. The van der Waals surface area contributed by atoms with Gasteiger partial charge in [0.25, 0.3) is 0 Å². The number of nitrogens with zero attached hydrogens (tertiary/aromatic N) is 1. The van der Waals surface area contributed by atoms with Crippen molar-refractivity contribution >= 4 is 0 Å². The summed E-state index contributed by atoms with van der Waals surface area (Å²) in [6.07, 6.45) is 2.32. The van der Waals surface area contributed by atoms with E-state index in [1.165, 1.54) is 11.1 Å². The van der Waals surface area contributed by atoms with Crippen LogP contribution in [0.3, 0.4) is 0 Å². The lowest BCUT2D eigenvalue weighted by molar-refractivity contribution is -0.107. The van der Waals surface area contributed by atoms with E-state index in [0.717, 1.165) is 12.8 Å². The molecule has 1 aliphatic heterocycles. The molecule has 1 aliphatic rings. The van der Waals surface area contributed by atoms with Crippen LogP contribution in [0.2, 0.25) is 0 Å². The maximum Gasteiger partial charge on any atom is 0.108 e. The van der Waals surface area contributed by atoms with Crippen molar-refractivity contribution < 1.29 is 4.74 Å². The van der Waals surface area contributed by atoms with E-state index in [0.29, 0.717) is 0 Å². The lowest BCUT2D eigenvalue weighted by atomic mass is 9.78. The molecule has 2 aromatic carbocycles. The Bertz CT molecular complexity index is 620. The summed E-state index contributed by atoms with van der Waals surface area (Å²) >= 11 is 0. The van der Waals surface area contributed by atoms with Crippen molar-refractivity contribution in [2.75, 3.05) is 7.05 Å². The molecule has 3 rings (SSSR count). The van der Waals surface area contributed by atoms with E-state index in [2.05, 4.69) is 100 Å². The van der Waals surface area contributed by atoms with Crippen LogP contribution in [-0.4, -0.2) is 29.1 Å².